The van der Waals surface area contributed by atoms with E-state index in [1.54, 1.807) is 6.92 Å². The summed E-state index contributed by atoms with van der Waals surface area (Å²) in [5.74, 6) is -0.791. The number of hydrogen-bond donors (Lipinski definition) is 0. The predicted molar refractivity (Wildman–Crippen MR) is 71.8 cm³/mol. The van der Waals surface area contributed by atoms with E-state index in [1.807, 2.05) is 11.4 Å². The van der Waals surface area contributed by atoms with Crippen molar-refractivity contribution >= 4 is 39.3 Å². The normalized spacial score (nSPS) is 10.8. The first-order valence-corrected chi connectivity index (χ1v) is 7.34. The van der Waals surface area contributed by atoms with Crippen molar-refractivity contribution in [1.82, 2.24) is 20.2 Å². The van der Waals surface area contributed by atoms with Gasteiger partial charge >= 0.3 is 11.9 Å². The van der Waals surface area contributed by atoms with Gasteiger partial charge < -0.3 is 9.15 Å². The first-order valence-electron chi connectivity index (χ1n) is 5.64. The molecule has 102 valence electrons. The second-order valence-electron chi connectivity index (χ2n) is 3.51. The molecule has 0 unspecified atom stereocenters. The summed E-state index contributed by atoms with van der Waals surface area (Å²) in [6.45, 7) is 1.96. The van der Waals surface area contributed by atoms with Gasteiger partial charge in [-0.25, -0.2) is 14.8 Å². The molecule has 3 rings (SSSR count). The minimum Gasteiger partial charge on any atom is -0.459 e. The largest absolute Gasteiger partial charge is 0.459 e. The van der Waals surface area contributed by atoms with Crippen LogP contribution in [0.15, 0.2) is 32.4 Å². The topological polar surface area (TPSA) is 91.0 Å². The lowest BCUT2D eigenvalue weighted by atomic mass is 10.4. The summed E-state index contributed by atoms with van der Waals surface area (Å²) >= 11 is 2.71. The Bertz CT molecular complexity index is 755. The maximum Gasteiger partial charge on any atom is 0.396 e. The van der Waals surface area contributed by atoms with E-state index in [9.17, 15) is 4.79 Å². The van der Waals surface area contributed by atoms with Gasteiger partial charge in [0.2, 0.25) is 0 Å². The number of fused-ring (bicyclic) bond motifs is 1. The number of hydrogen-bond acceptors (Lipinski definition) is 9. The highest BCUT2D eigenvalue weighted by atomic mass is 32.2. The number of esters is 1. The summed E-state index contributed by atoms with van der Waals surface area (Å²) in [5.41, 5.74) is 0. The number of carbonyl (C=O) groups excluding carboxylic acids is 1. The zero-order chi connectivity index (χ0) is 13.9. The molecule has 0 radical (unpaired) electrons. The Balaban J connectivity index is 1.84. The highest BCUT2D eigenvalue weighted by Crippen LogP contribution is 2.31. The molecule has 0 fully saturated rings. The molecular weight excluding hydrogens is 300 g/mol. The molecule has 0 aliphatic heterocycles. The van der Waals surface area contributed by atoms with Crippen molar-refractivity contribution < 1.29 is 13.9 Å². The highest BCUT2D eigenvalue weighted by molar-refractivity contribution is 7.99. The van der Waals surface area contributed by atoms with Crippen molar-refractivity contribution in [3.05, 3.63) is 23.7 Å². The number of aromatic nitrogens is 4. The van der Waals surface area contributed by atoms with E-state index in [4.69, 9.17) is 9.15 Å². The summed E-state index contributed by atoms with van der Waals surface area (Å²) in [7, 11) is 0. The summed E-state index contributed by atoms with van der Waals surface area (Å²) < 4.78 is 10.0. The molecule has 0 spiro atoms. The Labute approximate surface area is 121 Å². The SMILES string of the molecule is CCOC(=O)c1nnc(Sc2ncnc3sccc23)o1. The van der Waals surface area contributed by atoms with Crippen LogP contribution in [0.2, 0.25) is 0 Å². The zero-order valence-electron chi connectivity index (χ0n) is 10.3. The molecule has 0 saturated carbocycles. The Morgan fingerprint density at radius 2 is 2.35 bits per heavy atom. The molecule has 0 amide bonds. The van der Waals surface area contributed by atoms with E-state index < -0.39 is 5.97 Å². The molecule has 9 heteroatoms. The van der Waals surface area contributed by atoms with Gasteiger partial charge in [-0.3, -0.25) is 0 Å². The lowest BCUT2D eigenvalue weighted by Gasteiger charge is -1.97. The van der Waals surface area contributed by atoms with Crippen molar-refractivity contribution in [2.45, 2.75) is 17.2 Å². The monoisotopic (exact) mass is 308 g/mol. The molecule has 0 aliphatic carbocycles. The fourth-order valence-corrected chi connectivity index (χ4v) is 3.00. The summed E-state index contributed by atoms with van der Waals surface area (Å²) in [6, 6.07) is 1.92. The van der Waals surface area contributed by atoms with E-state index in [-0.39, 0.29) is 17.7 Å². The molecule has 3 aromatic rings. The van der Waals surface area contributed by atoms with Gasteiger partial charge in [-0.1, -0.05) is 5.10 Å². The molecule has 0 N–H and O–H groups in total. The minimum atomic E-state index is -0.629. The van der Waals surface area contributed by atoms with Crippen LogP contribution in [0.1, 0.15) is 17.6 Å². The first-order chi connectivity index (χ1) is 9.78. The predicted octanol–water partition coefficient (Wildman–Crippen LogP) is 2.40. The van der Waals surface area contributed by atoms with Gasteiger partial charge in [0.1, 0.15) is 16.2 Å². The molecule has 0 aliphatic rings. The van der Waals surface area contributed by atoms with Gasteiger partial charge in [0.25, 0.3) is 5.22 Å². The van der Waals surface area contributed by atoms with Crippen molar-refractivity contribution in [1.29, 1.82) is 0 Å². The lowest BCUT2D eigenvalue weighted by molar-refractivity contribution is 0.0475. The minimum absolute atomic E-state index is 0.162. The molecule has 3 aromatic heterocycles. The first kappa shape index (κ1) is 13.0. The molecule has 3 heterocycles. The number of thiophene rings is 1. The smallest absolute Gasteiger partial charge is 0.396 e. The van der Waals surface area contributed by atoms with Gasteiger partial charge in [0.05, 0.1) is 6.61 Å². The molecule has 0 saturated heterocycles. The third kappa shape index (κ3) is 2.49. The van der Waals surface area contributed by atoms with Gasteiger partial charge in [-0.15, -0.1) is 16.4 Å². The fraction of sp³-hybridized carbons (Fsp3) is 0.182. The van der Waals surface area contributed by atoms with E-state index in [2.05, 4.69) is 20.2 Å². The van der Waals surface area contributed by atoms with Crippen LogP contribution in [0.25, 0.3) is 10.2 Å². The lowest BCUT2D eigenvalue weighted by Crippen LogP contribution is -2.04. The van der Waals surface area contributed by atoms with Crippen LogP contribution in [0.3, 0.4) is 0 Å². The fourth-order valence-electron chi connectivity index (χ4n) is 1.46. The maximum atomic E-state index is 11.4. The molecular formula is C11H8N4O3S2. The van der Waals surface area contributed by atoms with Crippen LogP contribution in [0.5, 0.6) is 0 Å². The highest BCUT2D eigenvalue weighted by Gasteiger charge is 2.17. The van der Waals surface area contributed by atoms with Crippen LogP contribution in [0.4, 0.5) is 0 Å². The van der Waals surface area contributed by atoms with Gasteiger partial charge in [-0.05, 0) is 30.1 Å². The summed E-state index contributed by atoms with van der Waals surface area (Å²) in [5, 5.41) is 11.2. The third-order valence-corrected chi connectivity index (χ3v) is 3.94. The summed E-state index contributed by atoms with van der Waals surface area (Å²) in [4.78, 5) is 20.6. The van der Waals surface area contributed by atoms with Crippen LogP contribution in [-0.2, 0) is 4.74 Å². The molecule has 0 bridgehead atoms. The van der Waals surface area contributed by atoms with E-state index in [1.165, 1.54) is 29.4 Å². The molecule has 7 nitrogen and oxygen atoms in total. The molecule has 20 heavy (non-hydrogen) atoms. The Hall–Kier alpha value is -2.00. The standard InChI is InChI=1S/C11H8N4O3S2/c1-2-17-10(16)7-14-15-11(18-7)20-9-6-3-4-19-8(6)12-5-13-9/h3-5H,2H2,1H3. The van der Waals surface area contributed by atoms with Crippen molar-refractivity contribution in [2.75, 3.05) is 6.61 Å². The average Bonchev–Trinajstić information content (AvgIpc) is 3.08. The van der Waals surface area contributed by atoms with Crippen LogP contribution in [0, 0.1) is 0 Å². The van der Waals surface area contributed by atoms with Gasteiger partial charge in [-0.2, -0.15) is 0 Å². The number of rotatable bonds is 4. The third-order valence-electron chi connectivity index (χ3n) is 2.27. The Kier molecular flexibility index (Phi) is 3.61. The van der Waals surface area contributed by atoms with E-state index in [0.29, 0.717) is 5.03 Å². The maximum absolute atomic E-state index is 11.4. The Morgan fingerprint density at radius 3 is 3.20 bits per heavy atom. The molecule has 0 atom stereocenters. The second-order valence-corrected chi connectivity index (χ2v) is 5.35. The summed E-state index contributed by atoms with van der Waals surface area (Å²) in [6.07, 6.45) is 1.48. The van der Waals surface area contributed by atoms with E-state index >= 15 is 0 Å². The van der Waals surface area contributed by atoms with Crippen molar-refractivity contribution in [2.24, 2.45) is 0 Å². The van der Waals surface area contributed by atoms with Crippen molar-refractivity contribution in [3.8, 4) is 0 Å². The van der Waals surface area contributed by atoms with Crippen LogP contribution >= 0.6 is 23.1 Å². The average molecular weight is 308 g/mol. The van der Waals surface area contributed by atoms with Crippen molar-refractivity contribution in [3.63, 3.8) is 0 Å². The van der Waals surface area contributed by atoms with Crippen LogP contribution < -0.4 is 0 Å². The quantitative estimate of drug-likeness (QED) is 0.536. The molecule has 0 aromatic carbocycles. The number of nitrogens with zero attached hydrogens (tertiary/aromatic N) is 4. The van der Waals surface area contributed by atoms with Gasteiger partial charge in [0.15, 0.2) is 0 Å². The zero-order valence-corrected chi connectivity index (χ0v) is 11.9. The Morgan fingerprint density at radius 1 is 1.45 bits per heavy atom. The number of carbonyl (C=O) groups is 1. The second kappa shape index (κ2) is 5.55. The van der Waals surface area contributed by atoms with Crippen LogP contribution in [-0.4, -0.2) is 32.7 Å². The number of ether oxygens (including phenoxy) is 1. The van der Waals surface area contributed by atoms with E-state index in [0.717, 1.165) is 10.2 Å². The van der Waals surface area contributed by atoms with Gasteiger partial charge in [0, 0.05) is 5.39 Å².